The Bertz CT molecular complexity index is 764. The van der Waals surface area contributed by atoms with Gasteiger partial charge in [-0.25, -0.2) is 0 Å². The predicted molar refractivity (Wildman–Crippen MR) is 108 cm³/mol. The molecule has 1 aromatic rings. The quantitative estimate of drug-likeness (QED) is 0.412. The van der Waals surface area contributed by atoms with Crippen LogP contribution in [0.25, 0.3) is 5.57 Å². The average molecular weight is 314 g/mol. The molecule has 1 aliphatic carbocycles. The zero-order valence-electron chi connectivity index (χ0n) is 14.9. The summed E-state index contributed by atoms with van der Waals surface area (Å²) in [5.41, 5.74) is 5.87. The van der Waals surface area contributed by atoms with Gasteiger partial charge < -0.3 is 0 Å². The van der Waals surface area contributed by atoms with Gasteiger partial charge in [-0.05, 0) is 43.1 Å². The van der Waals surface area contributed by atoms with Crippen molar-refractivity contribution in [1.82, 2.24) is 0 Å². The molecule has 0 nitrogen and oxygen atoms in total. The minimum atomic E-state index is -0.151. The van der Waals surface area contributed by atoms with E-state index < -0.39 is 0 Å². The molecule has 0 spiro atoms. The largest absolute Gasteiger partial charge is 0.0990 e. The van der Waals surface area contributed by atoms with Crippen molar-refractivity contribution in [2.75, 3.05) is 0 Å². The average Bonchev–Trinajstić information content (AvgIpc) is 2.79. The fraction of sp³-hybridized carbons (Fsp3) is 0.167. The molecule has 0 heteroatoms. The lowest BCUT2D eigenvalue weighted by molar-refractivity contribution is 0.660. The van der Waals surface area contributed by atoms with E-state index in [0.29, 0.717) is 0 Å². The fourth-order valence-corrected chi connectivity index (χ4v) is 2.90. The fourth-order valence-electron chi connectivity index (χ4n) is 2.90. The topological polar surface area (TPSA) is 0 Å². The summed E-state index contributed by atoms with van der Waals surface area (Å²) in [6.45, 7) is 14.3. The summed E-state index contributed by atoms with van der Waals surface area (Å²) in [5.74, 6) is 0. The molecule has 1 unspecified atom stereocenters. The first-order valence-electron chi connectivity index (χ1n) is 8.32. The highest BCUT2D eigenvalue weighted by molar-refractivity contribution is 5.77. The normalized spacial score (nSPS) is 21.6. The molecule has 2 rings (SSSR count). The highest BCUT2D eigenvalue weighted by Crippen LogP contribution is 2.38. The van der Waals surface area contributed by atoms with Gasteiger partial charge in [-0.3, -0.25) is 0 Å². The van der Waals surface area contributed by atoms with Crippen LogP contribution in [0.2, 0.25) is 0 Å². The molecule has 1 atom stereocenters. The molecule has 0 aromatic heterocycles. The van der Waals surface area contributed by atoms with Gasteiger partial charge in [0, 0.05) is 5.41 Å². The number of rotatable bonds is 5. The van der Waals surface area contributed by atoms with E-state index in [1.807, 2.05) is 24.3 Å². The molecule has 24 heavy (non-hydrogen) atoms. The van der Waals surface area contributed by atoms with E-state index in [1.54, 1.807) is 0 Å². The molecule has 1 aliphatic rings. The van der Waals surface area contributed by atoms with E-state index in [0.717, 1.165) is 11.1 Å². The first-order chi connectivity index (χ1) is 11.5. The Hall–Kier alpha value is -2.60. The van der Waals surface area contributed by atoms with Gasteiger partial charge in [-0.1, -0.05) is 97.7 Å². The van der Waals surface area contributed by atoms with Crippen LogP contribution in [0.5, 0.6) is 0 Å². The Morgan fingerprint density at radius 2 is 1.75 bits per heavy atom. The minimum Gasteiger partial charge on any atom is -0.0990 e. The maximum absolute atomic E-state index is 3.95. The molecule has 1 aromatic carbocycles. The van der Waals surface area contributed by atoms with Crippen molar-refractivity contribution in [1.29, 1.82) is 0 Å². The van der Waals surface area contributed by atoms with E-state index in [1.165, 1.54) is 16.7 Å². The van der Waals surface area contributed by atoms with Gasteiger partial charge in [0.1, 0.15) is 0 Å². The zero-order valence-corrected chi connectivity index (χ0v) is 14.9. The molecule has 0 heterocycles. The maximum Gasteiger partial charge on any atom is 0.0258 e. The number of benzene rings is 1. The number of hydrogen-bond donors (Lipinski definition) is 0. The standard InChI is InChI=1S/C24H26/c1-6-12-20(8-3)22-15-16-23(21-13-10-9-11-14-21)18-24(5,17-22)19(4)7-2/h6-18H,1,3H2,2,4-5H3/b19-7+,20-12+. The molecule has 0 saturated carbocycles. The van der Waals surface area contributed by atoms with E-state index in [4.69, 9.17) is 0 Å². The second-order valence-electron chi connectivity index (χ2n) is 6.21. The lowest BCUT2D eigenvalue weighted by Crippen LogP contribution is -2.12. The van der Waals surface area contributed by atoms with Crippen molar-refractivity contribution >= 4 is 5.57 Å². The summed E-state index contributed by atoms with van der Waals surface area (Å²) in [4.78, 5) is 0. The van der Waals surface area contributed by atoms with E-state index in [-0.39, 0.29) is 5.41 Å². The third-order valence-electron chi connectivity index (χ3n) is 4.59. The summed E-state index contributed by atoms with van der Waals surface area (Å²) in [6, 6.07) is 10.5. The van der Waals surface area contributed by atoms with Crippen molar-refractivity contribution in [3.05, 3.63) is 114 Å². The van der Waals surface area contributed by atoms with E-state index >= 15 is 0 Å². The number of hydrogen-bond acceptors (Lipinski definition) is 0. The van der Waals surface area contributed by atoms with Crippen LogP contribution in [0.15, 0.2) is 109 Å². The highest BCUT2D eigenvalue weighted by Gasteiger charge is 2.24. The van der Waals surface area contributed by atoms with Gasteiger partial charge in [0.05, 0.1) is 0 Å². The molecular formula is C24H26. The van der Waals surface area contributed by atoms with Crippen LogP contribution >= 0.6 is 0 Å². The van der Waals surface area contributed by atoms with Gasteiger partial charge in [-0.15, -0.1) is 0 Å². The summed E-state index contributed by atoms with van der Waals surface area (Å²) in [5, 5.41) is 0. The molecule has 0 radical (unpaired) electrons. The third kappa shape index (κ3) is 3.83. The lowest BCUT2D eigenvalue weighted by atomic mass is 9.79. The first kappa shape index (κ1) is 17.7. The Morgan fingerprint density at radius 3 is 2.33 bits per heavy atom. The Morgan fingerprint density at radius 1 is 1.04 bits per heavy atom. The SMILES string of the molecule is C=C/C=C(\C=C)C1=CC(C)(/C(C)=C/C)C=C(c2ccccc2)C=C1. The number of allylic oxidation sites excluding steroid dienone is 12. The molecular weight excluding hydrogens is 288 g/mol. The first-order valence-corrected chi connectivity index (χ1v) is 8.32. The smallest absolute Gasteiger partial charge is 0.0258 e. The van der Waals surface area contributed by atoms with Crippen molar-refractivity contribution < 1.29 is 0 Å². The van der Waals surface area contributed by atoms with Crippen LogP contribution in [-0.2, 0) is 0 Å². The molecule has 0 amide bonds. The van der Waals surface area contributed by atoms with Crippen LogP contribution in [0.1, 0.15) is 26.3 Å². The van der Waals surface area contributed by atoms with Crippen molar-refractivity contribution in [2.24, 2.45) is 5.41 Å². The summed E-state index contributed by atoms with van der Waals surface area (Å²) in [6.07, 6.45) is 16.9. The van der Waals surface area contributed by atoms with Crippen molar-refractivity contribution in [3.63, 3.8) is 0 Å². The van der Waals surface area contributed by atoms with Crippen molar-refractivity contribution in [3.8, 4) is 0 Å². The van der Waals surface area contributed by atoms with Gasteiger partial charge >= 0.3 is 0 Å². The Kier molecular flexibility index (Phi) is 5.76. The van der Waals surface area contributed by atoms with Crippen molar-refractivity contribution in [2.45, 2.75) is 20.8 Å². The van der Waals surface area contributed by atoms with Gasteiger partial charge in [-0.2, -0.15) is 0 Å². The molecule has 0 aliphatic heterocycles. The maximum atomic E-state index is 3.95. The summed E-state index contributed by atoms with van der Waals surface area (Å²) in [7, 11) is 0. The second-order valence-corrected chi connectivity index (χ2v) is 6.21. The lowest BCUT2D eigenvalue weighted by Gasteiger charge is -2.25. The highest BCUT2D eigenvalue weighted by atomic mass is 14.3. The van der Waals surface area contributed by atoms with Gasteiger partial charge in [0.25, 0.3) is 0 Å². The third-order valence-corrected chi connectivity index (χ3v) is 4.59. The van der Waals surface area contributed by atoms with Gasteiger partial charge in [0.15, 0.2) is 0 Å². The Balaban J connectivity index is 2.64. The monoisotopic (exact) mass is 314 g/mol. The van der Waals surface area contributed by atoms with Crippen LogP contribution in [-0.4, -0.2) is 0 Å². The molecule has 0 fully saturated rings. The van der Waals surface area contributed by atoms with E-state index in [9.17, 15) is 0 Å². The predicted octanol–water partition coefficient (Wildman–Crippen LogP) is 6.84. The van der Waals surface area contributed by atoms with Gasteiger partial charge in [0.2, 0.25) is 0 Å². The van der Waals surface area contributed by atoms with Crippen LogP contribution < -0.4 is 0 Å². The molecule has 0 N–H and O–H groups in total. The molecule has 122 valence electrons. The summed E-state index contributed by atoms with van der Waals surface area (Å²) >= 11 is 0. The zero-order chi connectivity index (χ0) is 17.6. The van der Waals surface area contributed by atoms with Crippen LogP contribution in [0.3, 0.4) is 0 Å². The summed E-state index contributed by atoms with van der Waals surface area (Å²) < 4.78 is 0. The molecule has 0 saturated heterocycles. The van der Waals surface area contributed by atoms with Crippen LogP contribution in [0.4, 0.5) is 0 Å². The van der Waals surface area contributed by atoms with Crippen LogP contribution in [0, 0.1) is 5.41 Å². The molecule has 0 bridgehead atoms. The second kappa shape index (κ2) is 7.79. The Labute approximate surface area is 146 Å². The minimum absolute atomic E-state index is 0.151. The van der Waals surface area contributed by atoms with E-state index in [2.05, 4.69) is 88.6 Å².